The van der Waals surface area contributed by atoms with Crippen LogP contribution < -0.4 is 9.64 Å². The van der Waals surface area contributed by atoms with Crippen molar-refractivity contribution in [2.24, 2.45) is 0 Å². The Labute approximate surface area is 136 Å². The Kier molecular flexibility index (Phi) is 5.26. The smallest absolute Gasteiger partial charge is 0.337 e. The first-order chi connectivity index (χ1) is 10.9. The quantitative estimate of drug-likeness (QED) is 0.594. The molecule has 1 aliphatic heterocycles. The third-order valence-corrected chi connectivity index (χ3v) is 3.78. The van der Waals surface area contributed by atoms with Gasteiger partial charge in [0.05, 0.1) is 18.4 Å². The Morgan fingerprint density at radius 2 is 2.00 bits per heavy atom. The molecule has 0 N–H and O–H groups in total. The summed E-state index contributed by atoms with van der Waals surface area (Å²) in [5.74, 6) is 0.0304. The van der Waals surface area contributed by atoms with Crippen molar-refractivity contribution >= 4 is 17.6 Å². The molecule has 0 saturated carbocycles. The molecule has 2 rings (SSSR count). The number of nitrogens with zero attached hydrogens (tertiary/aromatic N) is 1. The molecule has 0 spiro atoms. The molecule has 1 heterocycles. The average Bonchev–Trinajstić information content (AvgIpc) is 2.53. The second-order valence-corrected chi connectivity index (χ2v) is 5.94. The zero-order chi connectivity index (χ0) is 17.0. The van der Waals surface area contributed by atoms with Gasteiger partial charge < -0.3 is 19.1 Å². The van der Waals surface area contributed by atoms with Crippen molar-refractivity contribution in [3.63, 3.8) is 0 Å². The molecule has 1 aromatic carbocycles. The highest BCUT2D eigenvalue weighted by molar-refractivity contribution is 6.03. The van der Waals surface area contributed by atoms with E-state index >= 15 is 0 Å². The number of carbonyl (C=O) groups is 2. The van der Waals surface area contributed by atoms with Crippen molar-refractivity contribution in [2.45, 2.75) is 32.3 Å². The summed E-state index contributed by atoms with van der Waals surface area (Å²) in [7, 11) is 2.98. The summed E-state index contributed by atoms with van der Waals surface area (Å²) in [5, 5.41) is 0. The molecular weight excluding hydrogens is 298 g/mol. The number of amides is 1. The monoisotopic (exact) mass is 321 g/mol. The van der Waals surface area contributed by atoms with Crippen LogP contribution in [-0.4, -0.2) is 44.8 Å². The van der Waals surface area contributed by atoms with E-state index in [9.17, 15) is 9.59 Å². The van der Waals surface area contributed by atoms with Gasteiger partial charge in [0.25, 0.3) is 5.91 Å². The normalized spacial score (nSPS) is 15.8. The van der Waals surface area contributed by atoms with Crippen LogP contribution in [-0.2, 0) is 14.3 Å². The van der Waals surface area contributed by atoms with Gasteiger partial charge in [-0.1, -0.05) is 0 Å². The van der Waals surface area contributed by atoms with E-state index in [2.05, 4.69) is 0 Å². The Balaban J connectivity index is 2.32. The summed E-state index contributed by atoms with van der Waals surface area (Å²) in [6.07, 6.45) is 1.66. The lowest BCUT2D eigenvalue weighted by Crippen LogP contribution is -2.52. The second kappa shape index (κ2) is 7.00. The molecule has 0 aromatic heterocycles. The van der Waals surface area contributed by atoms with Crippen LogP contribution in [0.15, 0.2) is 18.2 Å². The first kappa shape index (κ1) is 17.3. The van der Waals surface area contributed by atoms with E-state index in [1.54, 1.807) is 44.1 Å². The molecular formula is C17H23NO5. The highest BCUT2D eigenvalue weighted by atomic mass is 16.5. The van der Waals surface area contributed by atoms with Gasteiger partial charge in [-0.15, -0.1) is 0 Å². The number of hydrogen-bond acceptors (Lipinski definition) is 5. The number of anilines is 1. The van der Waals surface area contributed by atoms with Crippen molar-refractivity contribution in [2.75, 3.05) is 32.3 Å². The highest BCUT2D eigenvalue weighted by Crippen LogP contribution is 2.38. The first-order valence-electron chi connectivity index (χ1n) is 7.63. The molecule has 23 heavy (non-hydrogen) atoms. The largest absolute Gasteiger partial charge is 0.476 e. The van der Waals surface area contributed by atoms with Crippen LogP contribution in [0.5, 0.6) is 5.75 Å². The van der Waals surface area contributed by atoms with Gasteiger partial charge in [0.1, 0.15) is 5.75 Å². The van der Waals surface area contributed by atoms with Gasteiger partial charge in [-0.2, -0.15) is 0 Å². The Morgan fingerprint density at radius 3 is 2.65 bits per heavy atom. The van der Waals surface area contributed by atoms with Crippen molar-refractivity contribution in [1.82, 2.24) is 0 Å². The Bertz CT molecular complexity index is 597. The summed E-state index contributed by atoms with van der Waals surface area (Å²) in [6, 6.07) is 4.99. The lowest BCUT2D eigenvalue weighted by atomic mass is 10.0. The number of methoxy groups -OCH3 is 2. The maximum Gasteiger partial charge on any atom is 0.337 e. The number of carbonyl (C=O) groups excluding carboxylic acids is 2. The van der Waals surface area contributed by atoms with Crippen LogP contribution in [0.25, 0.3) is 0 Å². The van der Waals surface area contributed by atoms with Gasteiger partial charge >= 0.3 is 5.97 Å². The second-order valence-electron chi connectivity index (χ2n) is 5.94. The molecule has 1 amide bonds. The molecule has 1 aromatic rings. The van der Waals surface area contributed by atoms with Gasteiger partial charge in [-0.25, -0.2) is 4.79 Å². The molecule has 1 aliphatic rings. The third-order valence-electron chi connectivity index (χ3n) is 3.78. The Morgan fingerprint density at radius 1 is 1.26 bits per heavy atom. The van der Waals surface area contributed by atoms with Crippen LogP contribution in [0.1, 0.15) is 37.0 Å². The van der Waals surface area contributed by atoms with E-state index < -0.39 is 11.6 Å². The van der Waals surface area contributed by atoms with Crippen LogP contribution in [0.3, 0.4) is 0 Å². The van der Waals surface area contributed by atoms with Crippen LogP contribution in [0.2, 0.25) is 0 Å². The molecule has 6 heteroatoms. The number of ether oxygens (including phenoxy) is 3. The summed E-state index contributed by atoms with van der Waals surface area (Å²) in [6.45, 7) is 4.69. The first-order valence-corrected chi connectivity index (χ1v) is 7.63. The molecule has 0 bridgehead atoms. The van der Waals surface area contributed by atoms with Crippen LogP contribution >= 0.6 is 0 Å². The maximum absolute atomic E-state index is 12.7. The zero-order valence-electron chi connectivity index (χ0n) is 14.0. The molecule has 0 saturated heterocycles. The van der Waals surface area contributed by atoms with Crippen molar-refractivity contribution in [1.29, 1.82) is 0 Å². The number of unbranched alkanes of at least 4 members (excludes halogenated alkanes) is 1. The number of fused-ring (bicyclic) bond motifs is 1. The lowest BCUT2D eigenvalue weighted by molar-refractivity contribution is -0.132. The number of benzene rings is 1. The molecule has 0 radical (unpaired) electrons. The topological polar surface area (TPSA) is 65.1 Å². The van der Waals surface area contributed by atoms with Crippen molar-refractivity contribution in [3.8, 4) is 5.75 Å². The minimum Gasteiger partial charge on any atom is -0.476 e. The highest BCUT2D eigenvalue weighted by Gasteiger charge is 2.40. The van der Waals surface area contributed by atoms with Gasteiger partial charge in [0, 0.05) is 20.3 Å². The lowest BCUT2D eigenvalue weighted by Gasteiger charge is -2.39. The Hall–Kier alpha value is -2.08. The summed E-state index contributed by atoms with van der Waals surface area (Å²) in [4.78, 5) is 26.1. The number of hydrogen-bond donors (Lipinski definition) is 0. The van der Waals surface area contributed by atoms with Crippen molar-refractivity contribution < 1.29 is 23.8 Å². The number of rotatable bonds is 6. The summed E-state index contributed by atoms with van der Waals surface area (Å²) >= 11 is 0. The van der Waals surface area contributed by atoms with Crippen LogP contribution in [0, 0.1) is 0 Å². The standard InChI is InChI=1S/C17H23NO5/c1-17(2)16(20)18(9-5-6-10-21-3)13-11-12(15(19)22-4)7-8-14(13)23-17/h7-8,11H,5-6,9-10H2,1-4H3. The zero-order valence-corrected chi connectivity index (χ0v) is 14.0. The number of esters is 1. The van der Waals surface area contributed by atoms with E-state index in [0.29, 0.717) is 30.2 Å². The molecule has 126 valence electrons. The van der Waals surface area contributed by atoms with E-state index in [4.69, 9.17) is 14.2 Å². The van der Waals surface area contributed by atoms with E-state index in [1.165, 1.54) is 7.11 Å². The fourth-order valence-electron chi connectivity index (χ4n) is 2.55. The summed E-state index contributed by atoms with van der Waals surface area (Å²) < 4.78 is 15.6. The molecule has 6 nitrogen and oxygen atoms in total. The average molecular weight is 321 g/mol. The molecule has 0 unspecified atom stereocenters. The third kappa shape index (κ3) is 3.64. The van der Waals surface area contributed by atoms with Gasteiger partial charge in [-0.3, -0.25) is 4.79 Å². The van der Waals surface area contributed by atoms with Crippen LogP contribution in [0.4, 0.5) is 5.69 Å². The molecule has 0 fully saturated rings. The van der Waals surface area contributed by atoms with Gasteiger partial charge in [0.2, 0.25) is 0 Å². The fourth-order valence-corrected chi connectivity index (χ4v) is 2.55. The van der Waals surface area contributed by atoms with E-state index in [-0.39, 0.29) is 5.91 Å². The summed E-state index contributed by atoms with van der Waals surface area (Å²) in [5.41, 5.74) is 0.0694. The van der Waals surface area contributed by atoms with Crippen molar-refractivity contribution in [3.05, 3.63) is 23.8 Å². The maximum atomic E-state index is 12.7. The fraction of sp³-hybridized carbons (Fsp3) is 0.529. The molecule has 0 aliphatic carbocycles. The predicted octanol–water partition coefficient (Wildman–Crippen LogP) is 2.40. The van der Waals surface area contributed by atoms with E-state index in [0.717, 1.165) is 12.8 Å². The minimum atomic E-state index is -0.930. The minimum absolute atomic E-state index is 0.121. The van der Waals surface area contributed by atoms with Gasteiger partial charge in [-0.05, 0) is 44.9 Å². The predicted molar refractivity (Wildman–Crippen MR) is 86.0 cm³/mol. The molecule has 0 atom stereocenters. The SMILES string of the molecule is COCCCCN1C(=O)C(C)(C)Oc2ccc(C(=O)OC)cc21. The van der Waals surface area contributed by atoms with E-state index in [1.807, 2.05) is 0 Å². The van der Waals surface area contributed by atoms with Gasteiger partial charge in [0.15, 0.2) is 5.60 Å².